The lowest BCUT2D eigenvalue weighted by Gasteiger charge is -2.07. The average molecular weight is 430 g/mol. The van der Waals surface area contributed by atoms with Crippen molar-refractivity contribution in [2.24, 2.45) is 0 Å². The molecular weight excluding hydrogens is 408 g/mol. The molecular formula is C19H22N6O4S. The number of nitrogens with one attached hydrogen (secondary N) is 2. The van der Waals surface area contributed by atoms with Crippen molar-refractivity contribution < 1.29 is 17.9 Å². The van der Waals surface area contributed by atoms with Gasteiger partial charge in [0.2, 0.25) is 15.9 Å². The molecule has 3 heterocycles. The Morgan fingerprint density at radius 2 is 2.00 bits per heavy atom. The van der Waals surface area contributed by atoms with Crippen molar-refractivity contribution in [3.05, 3.63) is 54.5 Å². The Morgan fingerprint density at radius 3 is 2.63 bits per heavy atom. The highest BCUT2D eigenvalue weighted by molar-refractivity contribution is 7.88. The number of nitrogens with zero attached hydrogens (tertiary/aromatic N) is 4. The summed E-state index contributed by atoms with van der Waals surface area (Å²) in [6, 6.07) is 10.6. The van der Waals surface area contributed by atoms with Gasteiger partial charge in [-0.1, -0.05) is 6.07 Å². The van der Waals surface area contributed by atoms with E-state index in [1.54, 1.807) is 41.3 Å². The van der Waals surface area contributed by atoms with E-state index < -0.39 is 10.0 Å². The summed E-state index contributed by atoms with van der Waals surface area (Å²) >= 11 is 0. The first-order chi connectivity index (χ1) is 14.4. The third-order valence-electron chi connectivity index (χ3n) is 4.05. The number of rotatable bonds is 9. The van der Waals surface area contributed by atoms with Crippen LogP contribution in [0.15, 0.2) is 48.8 Å². The molecule has 0 aliphatic rings. The number of hydrogen-bond acceptors (Lipinski definition) is 7. The number of carbonyl (C=O) groups excluding carboxylic acids is 1. The predicted molar refractivity (Wildman–Crippen MR) is 111 cm³/mol. The molecule has 0 atom stereocenters. The highest BCUT2D eigenvalue weighted by Crippen LogP contribution is 2.22. The Balaban J connectivity index is 1.80. The molecule has 3 rings (SSSR count). The smallest absolute Gasteiger partial charge is 0.271 e. The lowest BCUT2D eigenvalue weighted by atomic mass is 10.2. The monoisotopic (exact) mass is 430 g/mol. The molecule has 0 aliphatic heterocycles. The van der Waals surface area contributed by atoms with Crippen molar-refractivity contribution in [2.45, 2.75) is 6.42 Å². The Bertz CT molecular complexity index is 1100. The van der Waals surface area contributed by atoms with Crippen molar-refractivity contribution in [1.82, 2.24) is 29.8 Å². The maximum Gasteiger partial charge on any atom is 0.271 e. The van der Waals surface area contributed by atoms with Crippen molar-refractivity contribution in [3.63, 3.8) is 0 Å². The molecule has 10 nitrogen and oxygen atoms in total. The van der Waals surface area contributed by atoms with E-state index in [2.05, 4.69) is 25.1 Å². The fourth-order valence-electron chi connectivity index (χ4n) is 2.64. The number of carbonyl (C=O) groups is 1. The van der Waals surface area contributed by atoms with Crippen LogP contribution in [0.4, 0.5) is 0 Å². The van der Waals surface area contributed by atoms with Crippen LogP contribution in [0.5, 0.6) is 5.88 Å². The summed E-state index contributed by atoms with van der Waals surface area (Å²) in [6.45, 7) is 0.543. The number of ether oxygens (including phenoxy) is 1. The number of pyridine rings is 2. The molecule has 1 amide bonds. The van der Waals surface area contributed by atoms with Crippen molar-refractivity contribution in [3.8, 4) is 23.0 Å². The van der Waals surface area contributed by atoms with Crippen LogP contribution in [-0.4, -0.2) is 60.5 Å². The molecule has 3 aromatic rings. The molecule has 0 aromatic carbocycles. The first-order valence-electron chi connectivity index (χ1n) is 9.12. The minimum atomic E-state index is -3.25. The van der Waals surface area contributed by atoms with Crippen molar-refractivity contribution >= 4 is 15.9 Å². The van der Waals surface area contributed by atoms with Gasteiger partial charge < -0.3 is 10.1 Å². The summed E-state index contributed by atoms with van der Waals surface area (Å²) < 4.78 is 31.2. The van der Waals surface area contributed by atoms with Gasteiger partial charge in [0.05, 0.1) is 36.6 Å². The molecule has 0 unspecified atom stereocenters. The van der Waals surface area contributed by atoms with Gasteiger partial charge in [-0.25, -0.2) is 22.8 Å². The zero-order valence-corrected chi connectivity index (χ0v) is 17.4. The highest BCUT2D eigenvalue weighted by Gasteiger charge is 2.17. The molecule has 0 fully saturated rings. The summed E-state index contributed by atoms with van der Waals surface area (Å²) in [6.07, 6.45) is 4.80. The Morgan fingerprint density at radius 1 is 1.17 bits per heavy atom. The minimum Gasteiger partial charge on any atom is -0.481 e. The van der Waals surface area contributed by atoms with Gasteiger partial charge in [-0.2, -0.15) is 5.10 Å². The topological polar surface area (TPSA) is 128 Å². The Kier molecular flexibility index (Phi) is 6.75. The van der Waals surface area contributed by atoms with E-state index in [1.165, 1.54) is 7.11 Å². The van der Waals surface area contributed by atoms with E-state index in [0.717, 1.165) is 6.26 Å². The van der Waals surface area contributed by atoms with Crippen LogP contribution in [0.1, 0.15) is 16.9 Å². The summed E-state index contributed by atoms with van der Waals surface area (Å²) in [5.41, 5.74) is 2.14. The van der Waals surface area contributed by atoms with Crippen LogP contribution in [0, 0.1) is 0 Å². The predicted octanol–water partition coefficient (Wildman–Crippen LogP) is 1.01. The molecule has 0 aliphatic carbocycles. The highest BCUT2D eigenvalue weighted by atomic mass is 32.2. The third kappa shape index (κ3) is 5.61. The molecule has 2 N–H and O–H groups in total. The number of methoxy groups -OCH3 is 1. The molecule has 3 aromatic heterocycles. The summed E-state index contributed by atoms with van der Waals surface area (Å²) in [4.78, 5) is 21.1. The van der Waals surface area contributed by atoms with Gasteiger partial charge in [0, 0.05) is 25.4 Å². The van der Waals surface area contributed by atoms with Gasteiger partial charge in [-0.15, -0.1) is 0 Å². The number of hydrogen-bond donors (Lipinski definition) is 2. The van der Waals surface area contributed by atoms with E-state index in [9.17, 15) is 13.2 Å². The van der Waals surface area contributed by atoms with Gasteiger partial charge >= 0.3 is 0 Å². The van der Waals surface area contributed by atoms with E-state index >= 15 is 0 Å². The molecule has 0 saturated carbocycles. The van der Waals surface area contributed by atoms with Gasteiger partial charge in [0.25, 0.3) is 5.91 Å². The fourth-order valence-corrected chi connectivity index (χ4v) is 3.16. The first kappa shape index (κ1) is 21.4. The second-order valence-electron chi connectivity index (χ2n) is 6.38. The Hall–Kier alpha value is -3.31. The molecule has 30 heavy (non-hydrogen) atoms. The van der Waals surface area contributed by atoms with Crippen molar-refractivity contribution in [1.29, 1.82) is 0 Å². The second-order valence-corrected chi connectivity index (χ2v) is 8.21. The van der Waals surface area contributed by atoms with Gasteiger partial charge in [-0.3, -0.25) is 9.78 Å². The molecule has 0 spiro atoms. The molecule has 158 valence electrons. The summed E-state index contributed by atoms with van der Waals surface area (Å²) in [7, 11) is -1.71. The lowest BCUT2D eigenvalue weighted by Crippen LogP contribution is -2.29. The van der Waals surface area contributed by atoms with Crippen LogP contribution in [-0.2, 0) is 10.0 Å². The zero-order valence-electron chi connectivity index (χ0n) is 16.6. The minimum absolute atomic E-state index is 0.211. The maximum absolute atomic E-state index is 12.6. The third-order valence-corrected chi connectivity index (χ3v) is 4.78. The van der Waals surface area contributed by atoms with E-state index in [4.69, 9.17) is 4.74 Å². The first-order valence-corrected chi connectivity index (χ1v) is 11.0. The van der Waals surface area contributed by atoms with Crippen LogP contribution in [0.2, 0.25) is 0 Å². The van der Waals surface area contributed by atoms with Gasteiger partial charge in [0.1, 0.15) is 0 Å². The standard InChI is InChI=1S/C19H22N6O4S/c1-29-18-8-7-14(13-22-18)25-17(15-6-3-4-9-20-15)12-16(24-25)19(26)21-10-5-11-23-30(2,27)28/h3-4,6-9,12-13,23H,5,10-11H2,1-2H3,(H,21,26). The number of amides is 1. The van der Waals surface area contributed by atoms with Gasteiger partial charge in [-0.05, 0) is 30.7 Å². The zero-order chi connectivity index (χ0) is 21.6. The molecule has 0 radical (unpaired) electrons. The van der Waals surface area contributed by atoms with Crippen LogP contribution in [0.25, 0.3) is 17.1 Å². The lowest BCUT2D eigenvalue weighted by molar-refractivity contribution is 0.0948. The fraction of sp³-hybridized carbons (Fsp3) is 0.263. The molecule has 11 heteroatoms. The second kappa shape index (κ2) is 9.46. The van der Waals surface area contributed by atoms with Crippen LogP contribution in [0.3, 0.4) is 0 Å². The van der Waals surface area contributed by atoms with Crippen LogP contribution < -0.4 is 14.8 Å². The van der Waals surface area contributed by atoms with Gasteiger partial charge in [0.15, 0.2) is 5.69 Å². The van der Waals surface area contributed by atoms with E-state index in [0.29, 0.717) is 35.9 Å². The van der Waals surface area contributed by atoms with E-state index in [-0.39, 0.29) is 18.1 Å². The summed E-state index contributed by atoms with van der Waals surface area (Å²) in [5, 5.41) is 7.16. The maximum atomic E-state index is 12.6. The van der Waals surface area contributed by atoms with E-state index in [1.807, 2.05) is 12.1 Å². The Labute approximate surface area is 174 Å². The molecule has 0 bridgehead atoms. The normalized spacial score (nSPS) is 11.3. The largest absolute Gasteiger partial charge is 0.481 e. The van der Waals surface area contributed by atoms with Crippen LogP contribution >= 0.6 is 0 Å². The SMILES string of the molecule is COc1ccc(-n2nc(C(=O)NCCCNS(C)(=O)=O)cc2-c2ccccn2)cn1. The molecule has 0 saturated heterocycles. The quantitative estimate of drug-likeness (QED) is 0.485. The summed E-state index contributed by atoms with van der Waals surface area (Å²) in [5.74, 6) is 0.0951. The number of aromatic nitrogens is 4. The number of sulfonamides is 1. The average Bonchev–Trinajstić information content (AvgIpc) is 3.19. The van der Waals surface area contributed by atoms with Crippen molar-refractivity contribution in [2.75, 3.05) is 26.5 Å².